The highest BCUT2D eigenvalue weighted by atomic mass is 19.1. The molecular weight excluding hydrogens is 366 g/mol. The van der Waals surface area contributed by atoms with E-state index in [4.69, 9.17) is 4.52 Å². The Kier molecular flexibility index (Phi) is 4.77. The number of carbonyl (C=O) groups is 1. The number of carbonyl (C=O) groups excluding carboxylic acids is 1. The van der Waals surface area contributed by atoms with Crippen LogP contribution in [0.4, 0.5) is 19.3 Å². The Hall–Kier alpha value is -3.29. The molecule has 2 aromatic carbocycles. The lowest BCUT2D eigenvalue weighted by molar-refractivity contribution is 0.193. The quantitative estimate of drug-likeness (QED) is 0.711. The lowest BCUT2D eigenvalue weighted by Gasteiger charge is -2.22. The number of anilines is 1. The van der Waals surface area contributed by atoms with E-state index < -0.39 is 23.7 Å². The van der Waals surface area contributed by atoms with E-state index in [0.717, 1.165) is 29.7 Å². The van der Waals surface area contributed by atoms with Gasteiger partial charge >= 0.3 is 6.03 Å². The molecule has 1 atom stereocenters. The first-order valence-electron chi connectivity index (χ1n) is 8.94. The largest absolute Gasteiger partial charge is 0.337 e. The summed E-state index contributed by atoms with van der Waals surface area (Å²) in [5.74, 6) is -0.744. The minimum atomic E-state index is -0.830. The summed E-state index contributed by atoms with van der Waals surface area (Å²) >= 11 is 0. The molecule has 144 valence electrons. The maximum atomic E-state index is 13.8. The third-order valence-electron chi connectivity index (χ3n) is 4.69. The lowest BCUT2D eigenvalue weighted by atomic mass is 10.1. The van der Waals surface area contributed by atoms with Crippen LogP contribution in [0.2, 0.25) is 0 Å². The summed E-state index contributed by atoms with van der Waals surface area (Å²) in [5, 5.41) is 6.51. The maximum absolute atomic E-state index is 13.8. The second-order valence-corrected chi connectivity index (χ2v) is 6.73. The number of aryl methyl sites for hydroxylation is 1. The first kappa shape index (κ1) is 18.1. The molecule has 1 saturated heterocycles. The summed E-state index contributed by atoms with van der Waals surface area (Å²) in [6, 6.07) is 9.84. The molecule has 3 aromatic rings. The van der Waals surface area contributed by atoms with Crippen molar-refractivity contribution < 1.29 is 18.1 Å². The van der Waals surface area contributed by atoms with Crippen LogP contribution >= 0.6 is 0 Å². The van der Waals surface area contributed by atoms with Crippen molar-refractivity contribution >= 4 is 11.7 Å². The number of hydrogen-bond donors (Lipinski definition) is 1. The molecule has 0 aliphatic carbocycles. The molecule has 8 heteroatoms. The molecule has 1 N–H and O–H groups in total. The molecule has 0 bridgehead atoms. The maximum Gasteiger partial charge on any atom is 0.322 e. The topological polar surface area (TPSA) is 71.3 Å². The number of nitrogens with zero attached hydrogens (tertiary/aromatic N) is 3. The van der Waals surface area contributed by atoms with Gasteiger partial charge in [0.15, 0.2) is 0 Å². The Morgan fingerprint density at radius 3 is 2.89 bits per heavy atom. The monoisotopic (exact) mass is 384 g/mol. The van der Waals surface area contributed by atoms with E-state index in [1.54, 1.807) is 0 Å². The Morgan fingerprint density at radius 1 is 1.25 bits per heavy atom. The van der Waals surface area contributed by atoms with Crippen molar-refractivity contribution in [2.24, 2.45) is 0 Å². The van der Waals surface area contributed by atoms with E-state index in [2.05, 4.69) is 15.5 Å². The van der Waals surface area contributed by atoms with Gasteiger partial charge in [-0.1, -0.05) is 28.9 Å². The normalized spacial score (nSPS) is 16.4. The van der Waals surface area contributed by atoms with Crippen LogP contribution in [0.25, 0.3) is 11.4 Å². The molecule has 6 nitrogen and oxygen atoms in total. The molecule has 1 aliphatic heterocycles. The smallest absolute Gasteiger partial charge is 0.322 e. The SMILES string of the molecule is Cc1cccc(-c2noc([C@@H]3CCCN3C(=O)Nc3ccc(F)cc3F)n2)c1. The van der Waals surface area contributed by atoms with Crippen LogP contribution in [0.15, 0.2) is 47.0 Å². The van der Waals surface area contributed by atoms with Crippen LogP contribution in [0.5, 0.6) is 0 Å². The first-order valence-corrected chi connectivity index (χ1v) is 8.94. The second kappa shape index (κ2) is 7.38. The fourth-order valence-corrected chi connectivity index (χ4v) is 3.32. The highest BCUT2D eigenvalue weighted by Crippen LogP contribution is 2.32. The highest BCUT2D eigenvalue weighted by molar-refractivity contribution is 5.89. The highest BCUT2D eigenvalue weighted by Gasteiger charge is 2.34. The van der Waals surface area contributed by atoms with E-state index in [9.17, 15) is 13.6 Å². The average Bonchev–Trinajstić information content (AvgIpc) is 3.33. The van der Waals surface area contributed by atoms with Gasteiger partial charge in [-0.2, -0.15) is 4.98 Å². The molecule has 0 unspecified atom stereocenters. The van der Waals surface area contributed by atoms with Crippen molar-refractivity contribution in [3.05, 3.63) is 65.6 Å². The number of urea groups is 1. The number of rotatable bonds is 3. The predicted octanol–water partition coefficient (Wildman–Crippen LogP) is 4.69. The first-order chi connectivity index (χ1) is 13.5. The number of likely N-dealkylation sites (tertiary alicyclic amines) is 1. The van der Waals surface area contributed by atoms with Crippen molar-refractivity contribution in [2.75, 3.05) is 11.9 Å². The van der Waals surface area contributed by atoms with Crippen molar-refractivity contribution in [2.45, 2.75) is 25.8 Å². The summed E-state index contributed by atoms with van der Waals surface area (Å²) in [6.07, 6.45) is 1.42. The van der Waals surface area contributed by atoms with Gasteiger partial charge in [0.2, 0.25) is 11.7 Å². The van der Waals surface area contributed by atoms with Crippen molar-refractivity contribution in [1.29, 1.82) is 0 Å². The van der Waals surface area contributed by atoms with Gasteiger partial charge in [-0.25, -0.2) is 13.6 Å². The summed E-state index contributed by atoms with van der Waals surface area (Å²) in [7, 11) is 0. The Morgan fingerprint density at radius 2 is 2.11 bits per heavy atom. The van der Waals surface area contributed by atoms with Crippen molar-refractivity contribution in [3.63, 3.8) is 0 Å². The van der Waals surface area contributed by atoms with Crippen molar-refractivity contribution in [1.82, 2.24) is 15.0 Å². The number of benzene rings is 2. The van der Waals surface area contributed by atoms with Gasteiger partial charge in [0.25, 0.3) is 0 Å². The van der Waals surface area contributed by atoms with Gasteiger partial charge in [0.05, 0.1) is 5.69 Å². The van der Waals surface area contributed by atoms with E-state index >= 15 is 0 Å². The zero-order chi connectivity index (χ0) is 19.7. The van der Waals surface area contributed by atoms with E-state index in [1.165, 1.54) is 11.0 Å². The molecular formula is C20H18F2N4O2. The van der Waals surface area contributed by atoms with Gasteiger partial charge in [-0.3, -0.25) is 0 Å². The van der Waals surface area contributed by atoms with Gasteiger partial charge in [0.1, 0.15) is 17.7 Å². The fraction of sp³-hybridized carbons (Fsp3) is 0.250. The Bertz CT molecular complexity index is 1020. The van der Waals surface area contributed by atoms with Crippen LogP contribution in [0.1, 0.15) is 30.3 Å². The molecule has 2 amide bonds. The van der Waals surface area contributed by atoms with Gasteiger partial charge in [-0.15, -0.1) is 0 Å². The molecule has 1 fully saturated rings. The number of aromatic nitrogens is 2. The minimum absolute atomic E-state index is 0.0805. The van der Waals surface area contributed by atoms with Gasteiger partial charge in [-0.05, 0) is 38.0 Å². The Labute approximate surface area is 160 Å². The molecule has 0 saturated carbocycles. The van der Waals surface area contributed by atoms with Gasteiger partial charge in [0, 0.05) is 18.2 Å². The summed E-state index contributed by atoms with van der Waals surface area (Å²) in [5.41, 5.74) is 1.83. The minimum Gasteiger partial charge on any atom is -0.337 e. The van der Waals surface area contributed by atoms with Crippen LogP contribution in [-0.2, 0) is 0 Å². The third-order valence-corrected chi connectivity index (χ3v) is 4.69. The summed E-state index contributed by atoms with van der Waals surface area (Å²) in [4.78, 5) is 18.6. The fourth-order valence-electron chi connectivity index (χ4n) is 3.32. The molecule has 1 aromatic heterocycles. The van der Waals surface area contributed by atoms with Crippen LogP contribution in [-0.4, -0.2) is 27.6 Å². The van der Waals surface area contributed by atoms with Crippen LogP contribution < -0.4 is 5.32 Å². The predicted molar refractivity (Wildman–Crippen MR) is 98.5 cm³/mol. The standard InChI is InChI=1S/C20H18F2N4O2/c1-12-4-2-5-13(10-12)18-24-19(28-25-18)17-6-3-9-26(17)20(27)23-16-8-7-14(21)11-15(16)22/h2,4-5,7-8,10-11,17H,3,6,9H2,1H3,(H,23,27)/t17-/m0/s1. The zero-order valence-corrected chi connectivity index (χ0v) is 15.2. The van der Waals surface area contributed by atoms with Crippen LogP contribution in [0.3, 0.4) is 0 Å². The molecule has 2 heterocycles. The summed E-state index contributed by atoms with van der Waals surface area (Å²) in [6.45, 7) is 2.45. The number of amides is 2. The molecule has 4 rings (SSSR count). The third kappa shape index (κ3) is 3.58. The zero-order valence-electron chi connectivity index (χ0n) is 15.2. The lowest BCUT2D eigenvalue weighted by Crippen LogP contribution is -2.34. The van der Waals surface area contributed by atoms with E-state index in [1.807, 2.05) is 31.2 Å². The molecule has 28 heavy (non-hydrogen) atoms. The number of hydrogen-bond acceptors (Lipinski definition) is 4. The average molecular weight is 384 g/mol. The second-order valence-electron chi connectivity index (χ2n) is 6.73. The number of nitrogens with one attached hydrogen (secondary N) is 1. The van der Waals surface area contributed by atoms with E-state index in [0.29, 0.717) is 24.7 Å². The Balaban J connectivity index is 1.53. The molecule has 0 spiro atoms. The number of halogens is 2. The van der Waals surface area contributed by atoms with E-state index in [-0.39, 0.29) is 5.69 Å². The van der Waals surface area contributed by atoms with Gasteiger partial charge < -0.3 is 14.7 Å². The van der Waals surface area contributed by atoms with Crippen molar-refractivity contribution in [3.8, 4) is 11.4 Å². The summed E-state index contributed by atoms with van der Waals surface area (Å²) < 4.78 is 32.3. The van der Waals surface area contributed by atoms with Crippen LogP contribution in [0, 0.1) is 18.6 Å². The molecule has 0 radical (unpaired) electrons. The molecule has 1 aliphatic rings.